The average Bonchev–Trinajstić information content (AvgIpc) is 2.89. The molecule has 0 spiro atoms. The molecule has 3 atom stereocenters. The van der Waals surface area contributed by atoms with E-state index in [9.17, 15) is 14.4 Å². The van der Waals surface area contributed by atoms with E-state index < -0.39 is 34.8 Å². The predicted octanol–water partition coefficient (Wildman–Crippen LogP) is 3.48. The van der Waals surface area contributed by atoms with Crippen LogP contribution in [-0.4, -0.2) is 59.4 Å². The Morgan fingerprint density at radius 3 is 2.28 bits per heavy atom. The summed E-state index contributed by atoms with van der Waals surface area (Å²) in [5.41, 5.74) is -0.882. The van der Waals surface area contributed by atoms with Crippen LogP contribution < -0.4 is 5.32 Å². The fourth-order valence-corrected chi connectivity index (χ4v) is 3.85. The molecule has 1 heterocycles. The minimum Gasteiger partial charge on any atom is -0.467 e. The molecular weight excluding hydrogens is 412 g/mol. The van der Waals surface area contributed by atoms with Crippen molar-refractivity contribution in [2.24, 2.45) is 5.92 Å². The normalized spacial score (nSPS) is 23.2. The Balaban J connectivity index is 2.24. The molecule has 2 unspecified atom stereocenters. The summed E-state index contributed by atoms with van der Waals surface area (Å²) in [6.07, 6.45) is 9.33. The Bertz CT molecular complexity index is 830. The second-order valence-corrected chi connectivity index (χ2v) is 10.3. The molecule has 0 aromatic carbocycles. The Hall–Kier alpha value is -2.77. The number of nitrogens with zero attached hydrogens (tertiary/aromatic N) is 1. The van der Waals surface area contributed by atoms with Crippen molar-refractivity contribution in [1.82, 2.24) is 10.2 Å². The van der Waals surface area contributed by atoms with Crippen molar-refractivity contribution in [3.63, 3.8) is 0 Å². The minimum atomic E-state index is -0.925. The summed E-state index contributed by atoms with van der Waals surface area (Å²) < 4.78 is 15.7. The van der Waals surface area contributed by atoms with E-state index >= 15 is 0 Å². The van der Waals surface area contributed by atoms with Crippen LogP contribution in [0.3, 0.4) is 0 Å². The highest BCUT2D eigenvalue weighted by Gasteiger charge is 2.45. The van der Waals surface area contributed by atoms with Gasteiger partial charge in [0.15, 0.2) is 0 Å². The van der Waals surface area contributed by atoms with Gasteiger partial charge in [0.2, 0.25) is 0 Å². The number of allylic oxidation sites excluding steroid dienone is 2. The monoisotopic (exact) mass is 448 g/mol. The Labute approximate surface area is 190 Å². The molecule has 2 aliphatic rings. The number of carbonyl (C=O) groups excluding carboxylic acids is 3. The fraction of sp³-hybridized carbons (Fsp3) is 0.625. The number of ether oxygens (including phenoxy) is 3. The molecular formula is C24H36N2O6. The first-order valence-corrected chi connectivity index (χ1v) is 10.8. The van der Waals surface area contributed by atoms with Crippen LogP contribution in [0, 0.1) is 5.92 Å². The van der Waals surface area contributed by atoms with Crippen LogP contribution in [0.5, 0.6) is 0 Å². The highest BCUT2D eigenvalue weighted by atomic mass is 16.6. The van der Waals surface area contributed by atoms with Gasteiger partial charge in [-0.25, -0.2) is 9.59 Å². The molecule has 0 aromatic heterocycles. The van der Waals surface area contributed by atoms with E-state index in [1.807, 2.05) is 63.1 Å². The molecule has 1 amide bonds. The van der Waals surface area contributed by atoms with E-state index in [0.29, 0.717) is 0 Å². The maximum atomic E-state index is 12.5. The van der Waals surface area contributed by atoms with E-state index in [4.69, 9.17) is 14.2 Å². The molecule has 178 valence electrons. The van der Waals surface area contributed by atoms with Crippen molar-refractivity contribution in [3.8, 4) is 0 Å². The lowest BCUT2D eigenvalue weighted by Gasteiger charge is -2.39. The summed E-state index contributed by atoms with van der Waals surface area (Å²) in [6, 6.07) is -0.925. The first-order valence-electron chi connectivity index (χ1n) is 10.8. The quantitative estimate of drug-likeness (QED) is 0.491. The van der Waals surface area contributed by atoms with Gasteiger partial charge in [-0.05, 0) is 54.0 Å². The number of carbonyl (C=O) groups is 3. The van der Waals surface area contributed by atoms with Gasteiger partial charge in [-0.3, -0.25) is 4.79 Å². The molecule has 2 rings (SSSR count). The van der Waals surface area contributed by atoms with E-state index in [1.165, 1.54) is 7.11 Å². The van der Waals surface area contributed by atoms with Gasteiger partial charge in [0, 0.05) is 18.5 Å². The number of esters is 2. The van der Waals surface area contributed by atoms with Crippen LogP contribution in [0.2, 0.25) is 0 Å². The largest absolute Gasteiger partial charge is 0.467 e. The zero-order valence-corrected chi connectivity index (χ0v) is 20.4. The number of nitrogens with one attached hydrogen (secondary N) is 1. The van der Waals surface area contributed by atoms with Crippen LogP contribution >= 0.6 is 0 Å². The number of methoxy groups -OCH3 is 1. The fourth-order valence-electron chi connectivity index (χ4n) is 3.85. The molecule has 1 aliphatic heterocycles. The Morgan fingerprint density at radius 1 is 1.09 bits per heavy atom. The number of hydrogen-bond acceptors (Lipinski definition) is 7. The molecule has 1 N–H and O–H groups in total. The van der Waals surface area contributed by atoms with E-state index in [1.54, 1.807) is 20.8 Å². The van der Waals surface area contributed by atoms with Gasteiger partial charge in [-0.1, -0.05) is 24.3 Å². The Morgan fingerprint density at radius 2 is 1.72 bits per heavy atom. The molecule has 0 aromatic rings. The SMILES string of the molecule is COC(=O)[C@H](CC1=CN(CC(=O)OC(C)(C)C)C2(C)C=CC=CC12)NC(=O)OC(C)(C)C. The summed E-state index contributed by atoms with van der Waals surface area (Å²) >= 11 is 0. The van der Waals surface area contributed by atoms with Crippen molar-refractivity contribution in [2.75, 3.05) is 13.7 Å². The highest BCUT2D eigenvalue weighted by Crippen LogP contribution is 2.43. The third-order valence-electron chi connectivity index (χ3n) is 5.15. The standard InChI is InChI=1S/C24H36N2O6/c1-22(2,3)31-19(27)15-26-14-16(17-11-9-10-12-24(17,26)7)13-18(20(28)30-8)25-21(29)32-23(4,5)6/h9-12,14,17-18H,13,15H2,1-8H3,(H,25,29)/t17?,18-,24?/m0/s1. The van der Waals surface area contributed by atoms with E-state index in [0.717, 1.165) is 5.57 Å². The lowest BCUT2D eigenvalue weighted by molar-refractivity contribution is -0.156. The summed E-state index contributed by atoms with van der Waals surface area (Å²) in [5.74, 6) is -0.990. The van der Waals surface area contributed by atoms with Gasteiger partial charge in [0.1, 0.15) is 23.8 Å². The van der Waals surface area contributed by atoms with Gasteiger partial charge in [-0.15, -0.1) is 0 Å². The Kier molecular flexibility index (Phi) is 7.47. The van der Waals surface area contributed by atoms with Crippen LogP contribution in [-0.2, 0) is 23.8 Å². The maximum Gasteiger partial charge on any atom is 0.408 e. The third kappa shape index (κ3) is 6.61. The van der Waals surface area contributed by atoms with Gasteiger partial charge < -0.3 is 24.4 Å². The van der Waals surface area contributed by atoms with Crippen molar-refractivity contribution < 1.29 is 28.6 Å². The topological polar surface area (TPSA) is 94.2 Å². The molecule has 32 heavy (non-hydrogen) atoms. The van der Waals surface area contributed by atoms with E-state index in [2.05, 4.69) is 5.32 Å². The van der Waals surface area contributed by atoms with Crippen LogP contribution in [0.15, 0.2) is 36.1 Å². The molecule has 8 heteroatoms. The summed E-state index contributed by atoms with van der Waals surface area (Å²) in [6.45, 7) is 12.8. The molecule has 0 saturated carbocycles. The summed E-state index contributed by atoms with van der Waals surface area (Å²) in [4.78, 5) is 39.1. The molecule has 8 nitrogen and oxygen atoms in total. The maximum absolute atomic E-state index is 12.5. The smallest absolute Gasteiger partial charge is 0.408 e. The second kappa shape index (κ2) is 9.38. The first kappa shape index (κ1) is 25.5. The molecule has 0 fully saturated rings. The summed E-state index contributed by atoms with van der Waals surface area (Å²) in [7, 11) is 1.28. The van der Waals surface area contributed by atoms with Gasteiger partial charge in [0.05, 0.1) is 12.6 Å². The summed E-state index contributed by atoms with van der Waals surface area (Å²) in [5, 5.41) is 2.62. The van der Waals surface area contributed by atoms with Gasteiger partial charge in [0.25, 0.3) is 0 Å². The average molecular weight is 449 g/mol. The molecule has 0 bridgehead atoms. The highest BCUT2D eigenvalue weighted by molar-refractivity contribution is 5.81. The van der Waals surface area contributed by atoms with Crippen molar-refractivity contribution in [1.29, 1.82) is 0 Å². The third-order valence-corrected chi connectivity index (χ3v) is 5.15. The van der Waals surface area contributed by atoms with Crippen molar-refractivity contribution >= 4 is 18.0 Å². The number of rotatable bonds is 6. The van der Waals surface area contributed by atoms with E-state index in [-0.39, 0.29) is 24.9 Å². The lowest BCUT2D eigenvalue weighted by Crippen LogP contribution is -2.47. The predicted molar refractivity (Wildman–Crippen MR) is 121 cm³/mol. The van der Waals surface area contributed by atoms with Crippen LogP contribution in [0.25, 0.3) is 0 Å². The second-order valence-electron chi connectivity index (χ2n) is 10.3. The van der Waals surface area contributed by atoms with Gasteiger partial charge in [-0.2, -0.15) is 0 Å². The molecule has 0 radical (unpaired) electrons. The minimum absolute atomic E-state index is 0.0638. The number of fused-ring (bicyclic) bond motifs is 1. The first-order chi connectivity index (χ1) is 14.6. The van der Waals surface area contributed by atoms with Crippen molar-refractivity contribution in [3.05, 3.63) is 36.1 Å². The zero-order chi connectivity index (χ0) is 24.3. The van der Waals surface area contributed by atoms with Crippen LogP contribution in [0.1, 0.15) is 54.9 Å². The number of hydrogen-bond donors (Lipinski definition) is 1. The number of amides is 1. The van der Waals surface area contributed by atoms with Gasteiger partial charge >= 0.3 is 18.0 Å². The molecule has 1 aliphatic carbocycles. The lowest BCUT2D eigenvalue weighted by atomic mass is 9.78. The zero-order valence-electron chi connectivity index (χ0n) is 20.4. The van der Waals surface area contributed by atoms with Crippen LogP contribution in [0.4, 0.5) is 4.79 Å². The van der Waals surface area contributed by atoms with Crippen molar-refractivity contribution in [2.45, 2.75) is 77.7 Å². The molecule has 0 saturated heterocycles. The number of alkyl carbamates (subject to hydrolysis) is 1.